The summed E-state index contributed by atoms with van der Waals surface area (Å²) in [4.78, 5) is 29.4. The van der Waals surface area contributed by atoms with Crippen molar-refractivity contribution in [2.24, 2.45) is 0 Å². The van der Waals surface area contributed by atoms with Crippen molar-refractivity contribution >= 4 is 40.4 Å². The number of aliphatic hydroxyl groups excluding tert-OH is 1. The van der Waals surface area contributed by atoms with E-state index in [1.807, 2.05) is 31.1 Å². The molecule has 7 heteroatoms. The molecule has 1 aliphatic heterocycles. The van der Waals surface area contributed by atoms with Gasteiger partial charge in [0.25, 0.3) is 11.7 Å². The van der Waals surface area contributed by atoms with Crippen molar-refractivity contribution in [1.29, 1.82) is 0 Å². The van der Waals surface area contributed by atoms with E-state index in [-0.39, 0.29) is 11.3 Å². The maximum absolute atomic E-state index is 13.1. The summed E-state index contributed by atoms with van der Waals surface area (Å²) in [5.41, 5.74) is 1.84. The van der Waals surface area contributed by atoms with Crippen LogP contribution in [0.25, 0.3) is 5.76 Å². The Labute approximate surface area is 185 Å². The van der Waals surface area contributed by atoms with Gasteiger partial charge >= 0.3 is 0 Å². The number of benzene rings is 2. The molecule has 1 N–H and O–H groups in total. The second-order valence-electron chi connectivity index (χ2n) is 7.54. The minimum absolute atomic E-state index is 0.0293. The van der Waals surface area contributed by atoms with Gasteiger partial charge in [-0.3, -0.25) is 14.5 Å². The highest BCUT2D eigenvalue weighted by atomic mass is 35.5. The molecule has 2 heterocycles. The van der Waals surface area contributed by atoms with E-state index in [2.05, 4.69) is 0 Å². The fraction of sp³-hybridized carbons (Fsp3) is 0.167. The number of carbonyl (C=O) groups excluding carboxylic acids is 2. The van der Waals surface area contributed by atoms with Crippen LogP contribution in [-0.4, -0.2) is 30.9 Å². The molecule has 1 amide bonds. The third kappa shape index (κ3) is 3.70. The van der Waals surface area contributed by atoms with E-state index in [1.54, 1.807) is 55.5 Å². The number of hydrogen-bond donors (Lipinski definition) is 1. The lowest BCUT2D eigenvalue weighted by molar-refractivity contribution is -0.132. The zero-order valence-electron chi connectivity index (χ0n) is 17.3. The third-order valence-corrected chi connectivity index (χ3v) is 5.49. The molecule has 3 aromatic rings. The summed E-state index contributed by atoms with van der Waals surface area (Å²) in [6.45, 7) is 1.78. The quantitative estimate of drug-likeness (QED) is 0.356. The van der Waals surface area contributed by atoms with Crippen molar-refractivity contribution in [3.8, 4) is 0 Å². The molecular formula is C24H21ClN2O4. The fourth-order valence-corrected chi connectivity index (χ4v) is 3.77. The first kappa shape index (κ1) is 20.8. The second-order valence-corrected chi connectivity index (χ2v) is 7.97. The Morgan fingerprint density at radius 3 is 2.19 bits per heavy atom. The molecule has 0 saturated carbocycles. The largest absolute Gasteiger partial charge is 0.507 e. The number of aliphatic hydroxyl groups is 1. The highest BCUT2D eigenvalue weighted by molar-refractivity contribution is 6.51. The standard InChI is InChI=1S/C24H21ClN2O4/c1-14-4-13-19(31-14)21-20(22(28)15-5-7-16(25)8-6-15)23(29)24(30)27(21)18-11-9-17(10-12-18)26(2)3/h4-13,21,28H,1-3H3/b22-20-. The van der Waals surface area contributed by atoms with Gasteiger partial charge in [-0.2, -0.15) is 0 Å². The number of hydrogen-bond acceptors (Lipinski definition) is 5. The zero-order valence-corrected chi connectivity index (χ0v) is 18.1. The Hall–Kier alpha value is -3.51. The molecule has 1 aromatic heterocycles. The number of ketones is 1. The maximum Gasteiger partial charge on any atom is 0.300 e. The van der Waals surface area contributed by atoms with Crippen LogP contribution < -0.4 is 9.80 Å². The fourth-order valence-electron chi connectivity index (χ4n) is 3.64. The summed E-state index contributed by atoms with van der Waals surface area (Å²) < 4.78 is 5.79. The molecule has 0 spiro atoms. The van der Waals surface area contributed by atoms with Gasteiger partial charge in [0.2, 0.25) is 0 Å². The van der Waals surface area contributed by atoms with Crippen LogP contribution in [0.15, 0.2) is 70.7 Å². The molecular weight excluding hydrogens is 416 g/mol. The molecule has 1 unspecified atom stereocenters. The maximum atomic E-state index is 13.1. The van der Waals surface area contributed by atoms with Gasteiger partial charge in [0.05, 0.1) is 5.57 Å². The van der Waals surface area contributed by atoms with Gasteiger partial charge in [-0.25, -0.2) is 0 Å². The average Bonchev–Trinajstić information content (AvgIpc) is 3.29. The Balaban J connectivity index is 1.89. The lowest BCUT2D eigenvalue weighted by atomic mass is 9.99. The number of carbonyl (C=O) groups is 2. The summed E-state index contributed by atoms with van der Waals surface area (Å²) in [5.74, 6) is -0.754. The Morgan fingerprint density at radius 2 is 1.65 bits per heavy atom. The molecule has 158 valence electrons. The van der Waals surface area contributed by atoms with Crippen molar-refractivity contribution in [2.75, 3.05) is 23.9 Å². The molecule has 4 rings (SSSR count). The van der Waals surface area contributed by atoms with E-state index in [0.717, 1.165) is 5.69 Å². The molecule has 6 nitrogen and oxygen atoms in total. The Morgan fingerprint density at radius 1 is 1.00 bits per heavy atom. The number of amides is 1. The summed E-state index contributed by atoms with van der Waals surface area (Å²) >= 11 is 5.95. The highest BCUT2D eigenvalue weighted by Gasteiger charge is 2.48. The van der Waals surface area contributed by atoms with E-state index in [9.17, 15) is 14.7 Å². The third-order valence-electron chi connectivity index (χ3n) is 5.24. The molecule has 0 radical (unpaired) electrons. The lowest BCUT2D eigenvalue weighted by Crippen LogP contribution is -2.29. The van der Waals surface area contributed by atoms with Crippen molar-refractivity contribution in [3.05, 3.63) is 88.3 Å². The van der Waals surface area contributed by atoms with Crippen LogP contribution in [0.1, 0.15) is 23.1 Å². The molecule has 1 saturated heterocycles. The van der Waals surface area contributed by atoms with E-state index in [0.29, 0.717) is 27.8 Å². The van der Waals surface area contributed by atoms with Crippen LogP contribution in [0.4, 0.5) is 11.4 Å². The molecule has 0 aliphatic carbocycles. The molecule has 31 heavy (non-hydrogen) atoms. The lowest BCUT2D eigenvalue weighted by Gasteiger charge is -2.24. The van der Waals surface area contributed by atoms with E-state index in [1.165, 1.54) is 4.90 Å². The van der Waals surface area contributed by atoms with E-state index in [4.69, 9.17) is 16.0 Å². The van der Waals surface area contributed by atoms with Gasteiger partial charge in [0.1, 0.15) is 23.3 Å². The molecule has 2 aromatic carbocycles. The molecule has 0 bridgehead atoms. The second kappa shape index (κ2) is 7.96. The van der Waals surface area contributed by atoms with Gasteiger partial charge in [-0.15, -0.1) is 0 Å². The molecule has 1 fully saturated rings. The van der Waals surface area contributed by atoms with Gasteiger partial charge in [-0.05, 0) is 67.6 Å². The minimum atomic E-state index is -0.894. The summed E-state index contributed by atoms with van der Waals surface area (Å²) in [6, 6.07) is 16.2. The minimum Gasteiger partial charge on any atom is -0.507 e. The van der Waals surface area contributed by atoms with Gasteiger partial charge < -0.3 is 14.4 Å². The number of halogens is 1. The predicted molar refractivity (Wildman–Crippen MR) is 120 cm³/mol. The topological polar surface area (TPSA) is 74.0 Å². The Bertz CT molecular complexity index is 1180. The van der Waals surface area contributed by atoms with Crippen LogP contribution in [0.5, 0.6) is 0 Å². The highest BCUT2D eigenvalue weighted by Crippen LogP contribution is 2.43. The van der Waals surface area contributed by atoms with Crippen LogP contribution in [0, 0.1) is 6.92 Å². The number of anilines is 2. The van der Waals surface area contributed by atoms with E-state index >= 15 is 0 Å². The SMILES string of the molecule is Cc1ccc(C2/C(=C(/O)c3ccc(Cl)cc3)C(=O)C(=O)N2c2ccc(N(C)C)cc2)o1. The van der Waals surface area contributed by atoms with Crippen LogP contribution in [0.2, 0.25) is 5.02 Å². The first-order valence-corrected chi connectivity index (χ1v) is 10.1. The van der Waals surface area contributed by atoms with Gasteiger partial charge in [0, 0.05) is 36.1 Å². The first-order chi connectivity index (χ1) is 14.8. The average molecular weight is 437 g/mol. The monoisotopic (exact) mass is 436 g/mol. The summed E-state index contributed by atoms with van der Waals surface area (Å²) in [5, 5.41) is 11.5. The number of furan rings is 1. The normalized spacial score (nSPS) is 17.9. The van der Waals surface area contributed by atoms with Crippen LogP contribution in [0.3, 0.4) is 0 Å². The van der Waals surface area contributed by atoms with Crippen LogP contribution in [-0.2, 0) is 9.59 Å². The van der Waals surface area contributed by atoms with Crippen molar-refractivity contribution < 1.29 is 19.1 Å². The number of nitrogens with zero attached hydrogens (tertiary/aromatic N) is 2. The zero-order chi connectivity index (χ0) is 22.3. The van der Waals surface area contributed by atoms with Crippen molar-refractivity contribution in [3.63, 3.8) is 0 Å². The summed E-state index contributed by atoms with van der Waals surface area (Å²) in [7, 11) is 3.83. The van der Waals surface area contributed by atoms with Gasteiger partial charge in [0.15, 0.2) is 0 Å². The number of aryl methyl sites for hydroxylation is 1. The number of Topliss-reactive ketones (excluding diaryl/α,β-unsaturated/α-hetero) is 1. The van der Waals surface area contributed by atoms with Crippen molar-refractivity contribution in [2.45, 2.75) is 13.0 Å². The Kier molecular flexibility index (Phi) is 5.33. The first-order valence-electron chi connectivity index (χ1n) is 9.68. The van der Waals surface area contributed by atoms with Crippen LogP contribution >= 0.6 is 11.6 Å². The van der Waals surface area contributed by atoms with E-state index < -0.39 is 17.7 Å². The molecule has 1 atom stereocenters. The van der Waals surface area contributed by atoms with Gasteiger partial charge in [-0.1, -0.05) is 11.6 Å². The smallest absolute Gasteiger partial charge is 0.300 e. The molecule has 1 aliphatic rings. The predicted octanol–water partition coefficient (Wildman–Crippen LogP) is 4.93. The van der Waals surface area contributed by atoms with Crippen molar-refractivity contribution in [1.82, 2.24) is 0 Å². The summed E-state index contributed by atoms with van der Waals surface area (Å²) in [6.07, 6.45) is 0. The number of rotatable bonds is 4.